The summed E-state index contributed by atoms with van der Waals surface area (Å²) < 4.78 is 1.06. The van der Waals surface area contributed by atoms with Gasteiger partial charge in [-0.05, 0) is 77.2 Å². The van der Waals surface area contributed by atoms with Crippen molar-refractivity contribution in [3.05, 3.63) is 87.1 Å². The van der Waals surface area contributed by atoms with Crippen molar-refractivity contribution >= 4 is 51.8 Å². The molecule has 0 bridgehead atoms. The average molecular weight is 469 g/mol. The molecule has 7 heteroatoms. The molecule has 6 nitrogen and oxygen atoms in total. The Kier molecular flexibility index (Phi) is 4.44. The third-order valence-corrected chi connectivity index (χ3v) is 4.85. The van der Waals surface area contributed by atoms with E-state index in [9.17, 15) is 14.4 Å². The van der Waals surface area contributed by atoms with Gasteiger partial charge in [0.1, 0.15) is 5.82 Å². The van der Waals surface area contributed by atoms with E-state index in [1.165, 1.54) is 24.4 Å². The van der Waals surface area contributed by atoms with Crippen LogP contribution >= 0.6 is 22.6 Å². The summed E-state index contributed by atoms with van der Waals surface area (Å²) in [5, 5.41) is 2.78. The lowest BCUT2D eigenvalue weighted by Crippen LogP contribution is -2.30. The summed E-state index contributed by atoms with van der Waals surface area (Å²) >= 11 is 2.18. The molecule has 1 aliphatic rings. The highest BCUT2D eigenvalue weighted by Crippen LogP contribution is 2.28. The van der Waals surface area contributed by atoms with Gasteiger partial charge in [0.2, 0.25) is 0 Å². The minimum absolute atomic E-state index is 0.195. The van der Waals surface area contributed by atoms with E-state index in [1.807, 2.05) is 12.1 Å². The lowest BCUT2D eigenvalue weighted by atomic mass is 10.1. The quantitative estimate of drug-likeness (QED) is 0.469. The second-order valence-electron chi connectivity index (χ2n) is 5.86. The van der Waals surface area contributed by atoms with Gasteiger partial charge in [-0.15, -0.1) is 0 Å². The fourth-order valence-corrected chi connectivity index (χ4v) is 3.17. The first-order valence-electron chi connectivity index (χ1n) is 8.05. The molecule has 1 aromatic heterocycles. The molecule has 0 saturated carbocycles. The van der Waals surface area contributed by atoms with Crippen molar-refractivity contribution in [3.8, 4) is 0 Å². The number of halogens is 1. The van der Waals surface area contributed by atoms with Crippen molar-refractivity contribution in [1.29, 1.82) is 0 Å². The van der Waals surface area contributed by atoms with Crippen molar-refractivity contribution in [2.45, 2.75) is 0 Å². The molecule has 2 aromatic carbocycles. The van der Waals surface area contributed by atoms with E-state index in [-0.39, 0.29) is 22.9 Å². The molecule has 0 radical (unpaired) electrons. The number of nitrogens with zero attached hydrogens (tertiary/aromatic N) is 2. The summed E-state index contributed by atoms with van der Waals surface area (Å²) in [6, 6.07) is 16.8. The highest BCUT2D eigenvalue weighted by molar-refractivity contribution is 14.1. The Labute approximate surface area is 168 Å². The molecule has 132 valence electrons. The van der Waals surface area contributed by atoms with Crippen LogP contribution in [0.1, 0.15) is 31.1 Å². The number of hydrogen-bond acceptors (Lipinski definition) is 4. The minimum Gasteiger partial charge on any atom is -0.322 e. The molecule has 0 unspecified atom stereocenters. The highest BCUT2D eigenvalue weighted by Gasteiger charge is 2.37. The van der Waals surface area contributed by atoms with E-state index in [0.717, 1.165) is 8.47 Å². The lowest BCUT2D eigenvalue weighted by Gasteiger charge is -2.11. The Bertz CT molecular complexity index is 1070. The summed E-state index contributed by atoms with van der Waals surface area (Å²) in [4.78, 5) is 42.9. The second-order valence-corrected chi connectivity index (χ2v) is 7.10. The molecular weight excluding hydrogens is 457 g/mol. The van der Waals surface area contributed by atoms with Crippen molar-refractivity contribution in [2.24, 2.45) is 0 Å². The van der Waals surface area contributed by atoms with Crippen molar-refractivity contribution in [1.82, 2.24) is 4.98 Å². The smallest absolute Gasteiger partial charge is 0.267 e. The predicted molar refractivity (Wildman–Crippen MR) is 109 cm³/mol. The Hall–Kier alpha value is -3.07. The van der Waals surface area contributed by atoms with Crippen LogP contribution in [0.15, 0.2) is 66.9 Å². The SMILES string of the molecule is O=C(Nc1ccc(I)cc1)c1ccc2c(c1)C(=O)N(c1ccccn1)C2=O. The molecule has 0 atom stereocenters. The molecule has 3 amide bonds. The summed E-state index contributed by atoms with van der Waals surface area (Å²) in [5.41, 5.74) is 1.41. The first-order valence-corrected chi connectivity index (χ1v) is 9.13. The monoisotopic (exact) mass is 469 g/mol. The largest absolute Gasteiger partial charge is 0.322 e. The van der Waals surface area contributed by atoms with Gasteiger partial charge >= 0.3 is 0 Å². The maximum absolute atomic E-state index is 12.7. The van der Waals surface area contributed by atoms with Gasteiger partial charge < -0.3 is 5.32 Å². The molecule has 0 fully saturated rings. The Morgan fingerprint density at radius 3 is 2.37 bits per heavy atom. The van der Waals surface area contributed by atoms with E-state index in [4.69, 9.17) is 0 Å². The molecule has 1 aliphatic heterocycles. The number of anilines is 2. The molecule has 4 rings (SSSR count). The molecule has 27 heavy (non-hydrogen) atoms. The minimum atomic E-state index is -0.488. The normalized spacial score (nSPS) is 12.9. The Morgan fingerprint density at radius 1 is 0.926 bits per heavy atom. The van der Waals surface area contributed by atoms with E-state index in [2.05, 4.69) is 32.9 Å². The van der Waals surface area contributed by atoms with Crippen LogP contribution in [0.4, 0.5) is 11.5 Å². The fraction of sp³-hybridized carbons (Fsp3) is 0. The van der Waals surface area contributed by atoms with Crippen LogP contribution in [0.5, 0.6) is 0 Å². The van der Waals surface area contributed by atoms with Crippen LogP contribution in [0.2, 0.25) is 0 Å². The van der Waals surface area contributed by atoms with Gasteiger partial charge in [0.15, 0.2) is 0 Å². The second kappa shape index (κ2) is 6.92. The van der Waals surface area contributed by atoms with Gasteiger partial charge in [-0.1, -0.05) is 6.07 Å². The molecule has 3 aromatic rings. The van der Waals surface area contributed by atoms with Crippen LogP contribution in [-0.4, -0.2) is 22.7 Å². The van der Waals surface area contributed by atoms with Gasteiger partial charge in [0, 0.05) is 21.0 Å². The first kappa shape index (κ1) is 17.3. The number of fused-ring (bicyclic) bond motifs is 1. The number of amides is 3. The van der Waals surface area contributed by atoms with Crippen molar-refractivity contribution < 1.29 is 14.4 Å². The van der Waals surface area contributed by atoms with Crippen LogP contribution in [0, 0.1) is 3.57 Å². The van der Waals surface area contributed by atoms with Gasteiger partial charge in [-0.2, -0.15) is 0 Å². The maximum atomic E-state index is 12.7. The maximum Gasteiger partial charge on any atom is 0.267 e. The third-order valence-electron chi connectivity index (χ3n) is 4.13. The zero-order valence-electron chi connectivity index (χ0n) is 13.8. The number of benzene rings is 2. The number of rotatable bonds is 3. The molecule has 0 saturated heterocycles. The van der Waals surface area contributed by atoms with E-state index in [0.29, 0.717) is 11.3 Å². The Balaban J connectivity index is 1.63. The summed E-state index contributed by atoms with van der Waals surface area (Å²) in [6.45, 7) is 0. The molecule has 1 N–H and O–H groups in total. The number of aromatic nitrogens is 1. The Morgan fingerprint density at radius 2 is 1.67 bits per heavy atom. The van der Waals surface area contributed by atoms with Gasteiger partial charge in [-0.3, -0.25) is 14.4 Å². The lowest BCUT2D eigenvalue weighted by molar-refractivity contribution is 0.0924. The summed E-state index contributed by atoms with van der Waals surface area (Å²) in [7, 11) is 0. The van der Waals surface area contributed by atoms with E-state index >= 15 is 0 Å². The number of nitrogens with one attached hydrogen (secondary N) is 1. The topological polar surface area (TPSA) is 79.4 Å². The zero-order valence-corrected chi connectivity index (χ0v) is 16.0. The van der Waals surface area contributed by atoms with E-state index in [1.54, 1.807) is 30.3 Å². The molecular formula is C20H12IN3O3. The number of carbonyl (C=O) groups is 3. The predicted octanol–water partition coefficient (Wildman–Crippen LogP) is 3.74. The van der Waals surface area contributed by atoms with Gasteiger partial charge in [-0.25, -0.2) is 9.88 Å². The number of pyridine rings is 1. The summed E-state index contributed by atoms with van der Waals surface area (Å²) in [5.74, 6) is -1.03. The van der Waals surface area contributed by atoms with E-state index < -0.39 is 11.8 Å². The van der Waals surface area contributed by atoms with Crippen LogP contribution in [-0.2, 0) is 0 Å². The van der Waals surface area contributed by atoms with Gasteiger partial charge in [0.25, 0.3) is 17.7 Å². The third kappa shape index (κ3) is 3.21. The summed E-state index contributed by atoms with van der Waals surface area (Å²) in [6.07, 6.45) is 1.51. The van der Waals surface area contributed by atoms with Gasteiger partial charge in [0.05, 0.1) is 11.1 Å². The fourth-order valence-electron chi connectivity index (χ4n) is 2.81. The number of carbonyl (C=O) groups excluding carboxylic acids is 3. The van der Waals surface area contributed by atoms with Crippen LogP contribution in [0.3, 0.4) is 0 Å². The molecule has 0 spiro atoms. The standard InChI is InChI=1S/C20H12IN3O3/c21-13-5-7-14(8-6-13)23-18(25)12-4-9-15-16(11-12)20(27)24(19(15)26)17-3-1-2-10-22-17/h1-11H,(H,23,25). The van der Waals surface area contributed by atoms with Crippen LogP contribution in [0.25, 0.3) is 0 Å². The van der Waals surface area contributed by atoms with Crippen molar-refractivity contribution in [3.63, 3.8) is 0 Å². The van der Waals surface area contributed by atoms with Crippen LogP contribution < -0.4 is 10.2 Å². The number of hydrogen-bond donors (Lipinski definition) is 1. The highest BCUT2D eigenvalue weighted by atomic mass is 127. The average Bonchev–Trinajstić information content (AvgIpc) is 2.94. The molecule has 0 aliphatic carbocycles. The van der Waals surface area contributed by atoms with Crippen molar-refractivity contribution in [2.75, 3.05) is 10.2 Å². The molecule has 2 heterocycles. The zero-order chi connectivity index (χ0) is 19.0. The number of imide groups is 1. The first-order chi connectivity index (χ1) is 13.0.